The second-order valence-corrected chi connectivity index (χ2v) is 9.26. The lowest BCUT2D eigenvalue weighted by atomic mass is 10.0. The molecule has 0 saturated carbocycles. The predicted molar refractivity (Wildman–Crippen MR) is 149 cm³/mol. The van der Waals surface area contributed by atoms with Gasteiger partial charge < -0.3 is 10.1 Å². The van der Waals surface area contributed by atoms with Crippen LogP contribution in [0.3, 0.4) is 0 Å². The van der Waals surface area contributed by atoms with Crippen molar-refractivity contribution in [1.82, 2.24) is 9.88 Å². The van der Waals surface area contributed by atoms with E-state index in [1.807, 2.05) is 66.7 Å². The number of aromatic amines is 1. The van der Waals surface area contributed by atoms with Gasteiger partial charge in [-0.25, -0.2) is 4.99 Å². The van der Waals surface area contributed by atoms with Crippen molar-refractivity contribution in [2.75, 3.05) is 6.54 Å². The third kappa shape index (κ3) is 5.35. The summed E-state index contributed by atoms with van der Waals surface area (Å²) in [7, 11) is 0. The Kier molecular flexibility index (Phi) is 7.17. The van der Waals surface area contributed by atoms with Gasteiger partial charge in [-0.15, -0.1) is 0 Å². The normalized spacial score (nSPS) is 11.9. The van der Waals surface area contributed by atoms with Crippen LogP contribution in [0, 0.1) is 0 Å². The second-order valence-electron chi connectivity index (χ2n) is 8.82. The molecule has 0 aliphatic carbocycles. The number of rotatable bonds is 8. The van der Waals surface area contributed by atoms with Crippen LogP contribution in [0.25, 0.3) is 10.9 Å². The second kappa shape index (κ2) is 10.8. The number of aliphatic imine (C=N–C) groups is 1. The third-order valence-electron chi connectivity index (χ3n) is 6.30. The van der Waals surface area contributed by atoms with E-state index in [0.717, 1.165) is 41.8 Å². The van der Waals surface area contributed by atoms with Crippen molar-refractivity contribution >= 4 is 33.9 Å². The summed E-state index contributed by atoms with van der Waals surface area (Å²) in [5, 5.41) is 12.3. The zero-order chi connectivity index (χ0) is 24.9. The molecule has 0 spiro atoms. The number of halogens is 1. The molecule has 5 aromatic rings. The average molecular weight is 494 g/mol. The Balaban J connectivity index is 1.46. The minimum Gasteiger partial charge on any atom is -0.494 e. The maximum Gasteiger partial charge on any atom is 0.199 e. The molecule has 4 aromatic carbocycles. The quantitative estimate of drug-likeness (QED) is 0.217. The molecule has 1 aromatic heterocycles. The van der Waals surface area contributed by atoms with Gasteiger partial charge in [0.15, 0.2) is 5.88 Å². The van der Waals surface area contributed by atoms with Crippen molar-refractivity contribution < 1.29 is 5.11 Å². The van der Waals surface area contributed by atoms with Crippen molar-refractivity contribution in [1.29, 1.82) is 0 Å². The summed E-state index contributed by atoms with van der Waals surface area (Å²) >= 11 is 6.18. The van der Waals surface area contributed by atoms with Gasteiger partial charge in [-0.2, -0.15) is 0 Å². The van der Waals surface area contributed by atoms with Gasteiger partial charge in [-0.05, 0) is 41.9 Å². The zero-order valence-electron chi connectivity index (χ0n) is 20.2. The fourth-order valence-electron chi connectivity index (χ4n) is 4.44. The Hall–Kier alpha value is -3.86. The van der Waals surface area contributed by atoms with Crippen LogP contribution in [0.15, 0.2) is 108 Å². The van der Waals surface area contributed by atoms with E-state index in [1.54, 1.807) is 0 Å². The molecule has 5 heteroatoms. The van der Waals surface area contributed by atoms with E-state index in [-0.39, 0.29) is 5.88 Å². The number of hydrogen-bond donors (Lipinski definition) is 2. The molecule has 0 aliphatic rings. The highest BCUT2D eigenvalue weighted by atomic mass is 35.5. The Morgan fingerprint density at radius 3 is 2.14 bits per heavy atom. The van der Waals surface area contributed by atoms with Gasteiger partial charge in [0, 0.05) is 29.1 Å². The lowest BCUT2D eigenvalue weighted by molar-refractivity contribution is 0.271. The molecular formula is C31H28ClN3O. The van der Waals surface area contributed by atoms with E-state index in [4.69, 9.17) is 16.6 Å². The lowest BCUT2D eigenvalue weighted by Gasteiger charge is -2.20. The summed E-state index contributed by atoms with van der Waals surface area (Å²) in [6.07, 6.45) is 0. The van der Waals surface area contributed by atoms with E-state index in [1.165, 1.54) is 11.1 Å². The lowest BCUT2D eigenvalue weighted by Crippen LogP contribution is -2.22. The van der Waals surface area contributed by atoms with E-state index >= 15 is 0 Å². The van der Waals surface area contributed by atoms with E-state index < -0.39 is 0 Å². The smallest absolute Gasteiger partial charge is 0.199 e. The van der Waals surface area contributed by atoms with E-state index in [0.29, 0.717) is 16.3 Å². The molecule has 0 unspecified atom stereocenters. The van der Waals surface area contributed by atoms with Gasteiger partial charge in [0.1, 0.15) is 0 Å². The first-order valence-corrected chi connectivity index (χ1v) is 12.5. The highest BCUT2D eigenvalue weighted by molar-refractivity contribution is 6.31. The zero-order valence-corrected chi connectivity index (χ0v) is 20.9. The fraction of sp³-hybridized carbons (Fsp3) is 0.129. The number of aromatic nitrogens is 1. The van der Waals surface area contributed by atoms with Gasteiger partial charge in [-0.3, -0.25) is 4.90 Å². The standard InChI is InChI=1S/C31H28ClN3O/c1-2-35(20-22-9-5-3-6-10-22)21-23-13-16-26(17-14-23)33-30(24-11-7-4-8-12-24)29-27-18-15-25(32)19-28(27)34-31(29)36/h3-19,34,36H,2,20-21H2,1H3. The molecule has 0 atom stereocenters. The first-order chi connectivity index (χ1) is 17.6. The van der Waals surface area contributed by atoms with Gasteiger partial charge in [0.05, 0.1) is 22.5 Å². The number of benzene rings is 4. The van der Waals surface area contributed by atoms with Gasteiger partial charge in [0.25, 0.3) is 0 Å². The number of H-pyrrole nitrogens is 1. The summed E-state index contributed by atoms with van der Waals surface area (Å²) in [6, 6.07) is 34.4. The summed E-state index contributed by atoms with van der Waals surface area (Å²) in [5.41, 5.74) is 6.43. The molecule has 2 N–H and O–H groups in total. The Morgan fingerprint density at radius 2 is 1.47 bits per heavy atom. The molecular weight excluding hydrogens is 466 g/mol. The van der Waals surface area contributed by atoms with E-state index in [9.17, 15) is 5.11 Å². The van der Waals surface area contributed by atoms with Crippen LogP contribution in [-0.2, 0) is 13.1 Å². The van der Waals surface area contributed by atoms with Crippen LogP contribution in [0.1, 0.15) is 29.2 Å². The minimum atomic E-state index is 0.0750. The van der Waals surface area contributed by atoms with Crippen LogP contribution in [0.5, 0.6) is 5.88 Å². The third-order valence-corrected chi connectivity index (χ3v) is 6.54. The average Bonchev–Trinajstić information content (AvgIpc) is 3.23. The molecule has 180 valence electrons. The minimum absolute atomic E-state index is 0.0750. The van der Waals surface area contributed by atoms with Crippen LogP contribution in [0.4, 0.5) is 5.69 Å². The number of nitrogens with one attached hydrogen (secondary N) is 1. The van der Waals surface area contributed by atoms with Gasteiger partial charge in [0.2, 0.25) is 0 Å². The van der Waals surface area contributed by atoms with Gasteiger partial charge >= 0.3 is 0 Å². The van der Waals surface area contributed by atoms with Crippen LogP contribution in [-0.4, -0.2) is 27.2 Å². The number of fused-ring (bicyclic) bond motifs is 1. The maximum atomic E-state index is 10.8. The summed E-state index contributed by atoms with van der Waals surface area (Å²) in [4.78, 5) is 10.5. The van der Waals surface area contributed by atoms with Gasteiger partial charge in [-0.1, -0.05) is 97.4 Å². The van der Waals surface area contributed by atoms with Crippen LogP contribution < -0.4 is 0 Å². The molecule has 36 heavy (non-hydrogen) atoms. The van der Waals surface area contributed by atoms with Crippen LogP contribution in [0.2, 0.25) is 5.02 Å². The SMILES string of the molecule is CCN(Cc1ccccc1)Cc1ccc(N=C(c2ccccc2)c2c(O)[nH]c3cc(Cl)ccc23)cc1. The number of aromatic hydroxyl groups is 1. The molecule has 4 nitrogen and oxygen atoms in total. The first-order valence-electron chi connectivity index (χ1n) is 12.1. The molecule has 1 heterocycles. The van der Waals surface area contributed by atoms with Crippen molar-refractivity contribution in [3.63, 3.8) is 0 Å². The Morgan fingerprint density at radius 1 is 0.833 bits per heavy atom. The largest absolute Gasteiger partial charge is 0.494 e. The molecule has 5 rings (SSSR count). The summed E-state index contributed by atoms with van der Waals surface area (Å²) < 4.78 is 0. The summed E-state index contributed by atoms with van der Waals surface area (Å²) in [5.74, 6) is 0.0750. The molecule has 0 saturated heterocycles. The van der Waals surface area contributed by atoms with Crippen molar-refractivity contribution in [2.45, 2.75) is 20.0 Å². The molecule has 0 amide bonds. The van der Waals surface area contributed by atoms with Crippen molar-refractivity contribution in [3.05, 3.63) is 130 Å². The molecule has 0 bridgehead atoms. The first kappa shape index (κ1) is 23.9. The molecule has 0 fully saturated rings. The summed E-state index contributed by atoms with van der Waals surface area (Å²) in [6.45, 7) is 4.94. The predicted octanol–water partition coefficient (Wildman–Crippen LogP) is 7.72. The number of nitrogens with zero attached hydrogens (tertiary/aromatic N) is 2. The topological polar surface area (TPSA) is 51.6 Å². The highest BCUT2D eigenvalue weighted by Crippen LogP contribution is 2.33. The van der Waals surface area contributed by atoms with Crippen molar-refractivity contribution in [2.24, 2.45) is 4.99 Å². The monoisotopic (exact) mass is 493 g/mol. The fourth-order valence-corrected chi connectivity index (χ4v) is 4.61. The van der Waals surface area contributed by atoms with E-state index in [2.05, 4.69) is 53.2 Å². The van der Waals surface area contributed by atoms with Crippen LogP contribution >= 0.6 is 11.6 Å². The Bertz CT molecular complexity index is 1480. The van der Waals surface area contributed by atoms with Crippen molar-refractivity contribution in [3.8, 4) is 5.88 Å². The highest BCUT2D eigenvalue weighted by Gasteiger charge is 2.19. The maximum absolute atomic E-state index is 10.8. The Labute approximate surface area is 216 Å². The molecule has 0 radical (unpaired) electrons. The number of hydrogen-bond acceptors (Lipinski definition) is 3. The molecule has 0 aliphatic heterocycles.